The normalized spacial score (nSPS) is 14.2. The standard InChI is InChI=1S/C15H9F9/c16-12(17,13(18,19)14(20,21)15(22,23)24)8-10-6-3-5-9-4-1-2-7-11(9)10/h1-7H,8H2. The molecule has 2 rings (SSSR count). The van der Waals surface area contributed by atoms with Gasteiger partial charge in [-0.3, -0.25) is 0 Å². The molecule has 0 amide bonds. The van der Waals surface area contributed by atoms with Crippen LogP contribution in [0.15, 0.2) is 42.5 Å². The first-order valence-electron chi connectivity index (χ1n) is 6.48. The lowest BCUT2D eigenvalue weighted by molar-refractivity contribution is -0.395. The maximum absolute atomic E-state index is 13.7. The summed E-state index contributed by atoms with van der Waals surface area (Å²) in [6, 6.07) is 9.30. The molecule has 0 atom stereocenters. The molecule has 0 aromatic heterocycles. The van der Waals surface area contributed by atoms with E-state index in [1.54, 1.807) is 0 Å². The Bertz CT molecular complexity index is 726. The Kier molecular flexibility index (Phi) is 4.26. The molecule has 0 unspecified atom stereocenters. The fraction of sp³-hybridized carbons (Fsp3) is 0.333. The molecule has 0 bridgehead atoms. The molecule has 0 saturated heterocycles. The van der Waals surface area contributed by atoms with Crippen LogP contribution >= 0.6 is 0 Å². The Morgan fingerprint density at radius 3 is 1.75 bits per heavy atom. The van der Waals surface area contributed by atoms with E-state index in [2.05, 4.69) is 0 Å². The van der Waals surface area contributed by atoms with Gasteiger partial charge in [0.2, 0.25) is 0 Å². The zero-order valence-corrected chi connectivity index (χ0v) is 11.7. The average Bonchev–Trinajstić information content (AvgIpc) is 2.45. The molecule has 0 radical (unpaired) electrons. The minimum Gasteiger partial charge on any atom is -0.199 e. The van der Waals surface area contributed by atoms with Gasteiger partial charge in [0.1, 0.15) is 0 Å². The molecule has 9 heteroatoms. The van der Waals surface area contributed by atoms with Gasteiger partial charge in [0, 0.05) is 6.42 Å². The van der Waals surface area contributed by atoms with Crippen molar-refractivity contribution >= 4 is 10.8 Å². The highest BCUT2D eigenvalue weighted by Gasteiger charge is 2.81. The molecule has 0 saturated carbocycles. The monoisotopic (exact) mass is 360 g/mol. The number of benzene rings is 2. The molecule has 0 aliphatic rings. The third kappa shape index (κ3) is 2.80. The second kappa shape index (κ2) is 5.56. The van der Waals surface area contributed by atoms with Crippen molar-refractivity contribution in [3.63, 3.8) is 0 Å². The first kappa shape index (κ1) is 18.4. The summed E-state index contributed by atoms with van der Waals surface area (Å²) in [6.07, 6.45) is -8.77. The van der Waals surface area contributed by atoms with Crippen molar-refractivity contribution in [2.24, 2.45) is 0 Å². The van der Waals surface area contributed by atoms with Crippen molar-refractivity contribution in [3.8, 4) is 0 Å². The third-order valence-corrected chi connectivity index (χ3v) is 3.50. The van der Waals surface area contributed by atoms with Crippen molar-refractivity contribution in [2.45, 2.75) is 30.4 Å². The van der Waals surface area contributed by atoms with Gasteiger partial charge in [-0.25, -0.2) is 0 Å². The van der Waals surface area contributed by atoms with E-state index in [9.17, 15) is 39.5 Å². The topological polar surface area (TPSA) is 0 Å². The molecule has 0 fully saturated rings. The van der Waals surface area contributed by atoms with Gasteiger partial charge < -0.3 is 0 Å². The third-order valence-electron chi connectivity index (χ3n) is 3.50. The van der Waals surface area contributed by atoms with Crippen LogP contribution in [0.5, 0.6) is 0 Å². The van der Waals surface area contributed by atoms with Crippen molar-refractivity contribution in [1.82, 2.24) is 0 Å². The lowest BCUT2D eigenvalue weighted by atomic mass is 9.94. The van der Waals surface area contributed by atoms with Gasteiger partial charge in [0.25, 0.3) is 0 Å². The van der Waals surface area contributed by atoms with E-state index in [-0.39, 0.29) is 5.39 Å². The second-order valence-corrected chi connectivity index (χ2v) is 5.17. The number of hydrogen-bond donors (Lipinski definition) is 0. The molecule has 0 heterocycles. The van der Waals surface area contributed by atoms with Crippen molar-refractivity contribution in [3.05, 3.63) is 48.0 Å². The number of hydrogen-bond acceptors (Lipinski definition) is 0. The minimum atomic E-state index is -6.87. The van der Waals surface area contributed by atoms with Crippen LogP contribution in [-0.2, 0) is 6.42 Å². The van der Waals surface area contributed by atoms with Crippen LogP contribution in [0.4, 0.5) is 39.5 Å². The SMILES string of the molecule is FC(F)(F)C(F)(F)C(F)(F)C(F)(F)Cc1cccc2ccccc12. The summed E-state index contributed by atoms with van der Waals surface area (Å²) in [7, 11) is 0. The van der Waals surface area contributed by atoms with Gasteiger partial charge in [-0.1, -0.05) is 42.5 Å². The smallest absolute Gasteiger partial charge is 0.199 e. The fourth-order valence-electron chi connectivity index (χ4n) is 2.20. The summed E-state index contributed by atoms with van der Waals surface area (Å²) in [5, 5.41) is 0.419. The lowest BCUT2D eigenvalue weighted by Gasteiger charge is -2.33. The van der Waals surface area contributed by atoms with Gasteiger partial charge in [0.15, 0.2) is 0 Å². The quantitative estimate of drug-likeness (QED) is 0.600. The van der Waals surface area contributed by atoms with E-state index >= 15 is 0 Å². The Labute approximate surface area is 129 Å². The second-order valence-electron chi connectivity index (χ2n) is 5.17. The van der Waals surface area contributed by atoms with Gasteiger partial charge in [0.05, 0.1) is 0 Å². The molecule has 2 aromatic rings. The molecular weight excluding hydrogens is 351 g/mol. The van der Waals surface area contributed by atoms with Crippen molar-refractivity contribution in [2.75, 3.05) is 0 Å². The molecule has 0 N–H and O–H groups in total. The van der Waals surface area contributed by atoms with Crippen LogP contribution in [0.25, 0.3) is 10.8 Å². The van der Waals surface area contributed by atoms with Gasteiger partial charge in [-0.05, 0) is 16.3 Å². The van der Waals surface area contributed by atoms with E-state index in [0.29, 0.717) is 5.39 Å². The van der Waals surface area contributed by atoms with E-state index in [1.807, 2.05) is 0 Å². The molecule has 0 nitrogen and oxygen atoms in total. The fourth-order valence-corrected chi connectivity index (χ4v) is 2.20. The van der Waals surface area contributed by atoms with Gasteiger partial charge >= 0.3 is 23.9 Å². The largest absolute Gasteiger partial charge is 0.460 e. The van der Waals surface area contributed by atoms with E-state index in [1.165, 1.54) is 36.4 Å². The van der Waals surface area contributed by atoms with Crippen molar-refractivity contribution in [1.29, 1.82) is 0 Å². The molecule has 0 spiro atoms. The highest BCUT2D eigenvalue weighted by molar-refractivity contribution is 5.85. The summed E-state index contributed by atoms with van der Waals surface area (Å²) in [4.78, 5) is 0. The van der Waals surface area contributed by atoms with Crippen LogP contribution in [0.2, 0.25) is 0 Å². The maximum Gasteiger partial charge on any atom is 0.460 e. The van der Waals surface area contributed by atoms with Crippen LogP contribution in [0.1, 0.15) is 5.56 Å². The number of rotatable bonds is 4. The predicted molar refractivity (Wildman–Crippen MR) is 68.5 cm³/mol. The molecular formula is C15H9F9. The maximum atomic E-state index is 13.7. The Balaban J connectivity index is 2.47. The van der Waals surface area contributed by atoms with Crippen molar-refractivity contribution < 1.29 is 39.5 Å². The van der Waals surface area contributed by atoms with Crippen LogP contribution in [0, 0.1) is 0 Å². The first-order valence-corrected chi connectivity index (χ1v) is 6.48. The Morgan fingerprint density at radius 1 is 0.625 bits per heavy atom. The molecule has 2 aromatic carbocycles. The highest BCUT2D eigenvalue weighted by Crippen LogP contribution is 2.54. The minimum absolute atomic E-state index is 0.0609. The lowest BCUT2D eigenvalue weighted by Crippen LogP contribution is -2.61. The summed E-state index contributed by atoms with van der Waals surface area (Å²) >= 11 is 0. The summed E-state index contributed by atoms with van der Waals surface area (Å²) in [5.74, 6) is -19.1. The Hall–Kier alpha value is -1.93. The van der Waals surface area contributed by atoms with E-state index in [4.69, 9.17) is 0 Å². The zero-order chi connectivity index (χ0) is 18.4. The summed E-state index contributed by atoms with van der Waals surface area (Å²) in [5.41, 5.74) is -0.462. The summed E-state index contributed by atoms with van der Waals surface area (Å²) in [6.45, 7) is 0. The number of fused-ring (bicyclic) bond motifs is 1. The highest BCUT2D eigenvalue weighted by atomic mass is 19.4. The van der Waals surface area contributed by atoms with Crippen LogP contribution < -0.4 is 0 Å². The number of halogens is 9. The zero-order valence-electron chi connectivity index (χ0n) is 11.7. The van der Waals surface area contributed by atoms with Gasteiger partial charge in [-0.15, -0.1) is 0 Å². The Morgan fingerprint density at radius 2 is 1.17 bits per heavy atom. The predicted octanol–water partition coefficient (Wildman–Crippen LogP) is 5.85. The van der Waals surface area contributed by atoms with Crippen LogP contribution in [-0.4, -0.2) is 23.9 Å². The molecule has 0 aliphatic heterocycles. The summed E-state index contributed by atoms with van der Waals surface area (Å²) < 4.78 is 116. The molecule has 24 heavy (non-hydrogen) atoms. The first-order chi connectivity index (χ1) is 10.8. The molecule has 0 aliphatic carbocycles. The van der Waals surface area contributed by atoms with E-state index in [0.717, 1.165) is 6.07 Å². The van der Waals surface area contributed by atoms with E-state index < -0.39 is 35.9 Å². The molecule has 132 valence electrons. The van der Waals surface area contributed by atoms with Crippen LogP contribution in [0.3, 0.4) is 0 Å². The van der Waals surface area contributed by atoms with Gasteiger partial charge in [-0.2, -0.15) is 39.5 Å². The number of alkyl halides is 9. The average molecular weight is 360 g/mol.